The van der Waals surface area contributed by atoms with Gasteiger partial charge in [0, 0.05) is 26.2 Å². The molecule has 1 aromatic heterocycles. The Kier molecular flexibility index (Phi) is 5.42. The fraction of sp³-hybridized carbons (Fsp3) is 0.615. The molecular weight excluding hydrogens is 312 g/mol. The number of halogens is 1. The second-order valence-electron chi connectivity index (χ2n) is 4.64. The molecule has 0 aliphatic carbocycles. The van der Waals surface area contributed by atoms with Crippen molar-refractivity contribution in [3.8, 4) is 0 Å². The molecule has 5 nitrogen and oxygen atoms in total. The van der Waals surface area contributed by atoms with Crippen molar-refractivity contribution in [2.75, 3.05) is 33.4 Å². The smallest absolute Gasteiger partial charge is 0.289 e. The Labute approximate surface area is 121 Å². The maximum Gasteiger partial charge on any atom is 0.289 e. The third kappa shape index (κ3) is 4.06. The van der Waals surface area contributed by atoms with Crippen molar-refractivity contribution in [3.63, 3.8) is 0 Å². The number of hydrogen-bond acceptors (Lipinski definition) is 4. The van der Waals surface area contributed by atoms with Crippen LogP contribution in [0.15, 0.2) is 21.2 Å². The van der Waals surface area contributed by atoms with Gasteiger partial charge in [-0.25, -0.2) is 0 Å². The van der Waals surface area contributed by atoms with Crippen LogP contribution in [0, 0.1) is 0 Å². The lowest BCUT2D eigenvalue weighted by molar-refractivity contribution is 0.0647. The van der Waals surface area contributed by atoms with E-state index in [4.69, 9.17) is 9.15 Å². The van der Waals surface area contributed by atoms with E-state index in [2.05, 4.69) is 21.2 Å². The molecule has 0 bridgehead atoms. The number of rotatable bonds is 6. The summed E-state index contributed by atoms with van der Waals surface area (Å²) in [7, 11) is 1.64. The molecule has 19 heavy (non-hydrogen) atoms. The second-order valence-corrected chi connectivity index (χ2v) is 5.42. The molecule has 1 aromatic rings. The van der Waals surface area contributed by atoms with Gasteiger partial charge >= 0.3 is 0 Å². The Bertz CT molecular complexity index is 416. The Morgan fingerprint density at radius 3 is 3.05 bits per heavy atom. The van der Waals surface area contributed by atoms with E-state index in [0.717, 1.165) is 13.0 Å². The molecular formula is C13H19BrN2O3. The van der Waals surface area contributed by atoms with Crippen LogP contribution >= 0.6 is 15.9 Å². The predicted molar refractivity (Wildman–Crippen MR) is 75.2 cm³/mol. The highest BCUT2D eigenvalue weighted by molar-refractivity contribution is 9.10. The van der Waals surface area contributed by atoms with E-state index in [1.54, 1.807) is 24.1 Å². The molecule has 2 heterocycles. The van der Waals surface area contributed by atoms with Crippen molar-refractivity contribution < 1.29 is 13.9 Å². The van der Waals surface area contributed by atoms with Gasteiger partial charge in [0.15, 0.2) is 10.4 Å². The summed E-state index contributed by atoms with van der Waals surface area (Å²) < 4.78 is 11.0. The monoisotopic (exact) mass is 330 g/mol. The Hall–Kier alpha value is -0.850. The van der Waals surface area contributed by atoms with E-state index >= 15 is 0 Å². The second kappa shape index (κ2) is 7.07. The van der Waals surface area contributed by atoms with Crippen LogP contribution in [0.3, 0.4) is 0 Å². The zero-order valence-electron chi connectivity index (χ0n) is 11.0. The number of methoxy groups -OCH3 is 1. The Morgan fingerprint density at radius 1 is 1.63 bits per heavy atom. The van der Waals surface area contributed by atoms with Gasteiger partial charge in [0.1, 0.15) is 0 Å². The Morgan fingerprint density at radius 2 is 2.47 bits per heavy atom. The molecule has 1 saturated heterocycles. The van der Waals surface area contributed by atoms with Crippen LogP contribution in [0.1, 0.15) is 23.4 Å². The minimum atomic E-state index is -0.0866. The normalized spacial score (nSPS) is 18.7. The third-order valence-corrected chi connectivity index (χ3v) is 3.67. The summed E-state index contributed by atoms with van der Waals surface area (Å²) in [5.74, 6) is 0.275. The van der Waals surface area contributed by atoms with Crippen LogP contribution in [0.4, 0.5) is 0 Å². The third-order valence-electron chi connectivity index (χ3n) is 3.24. The van der Waals surface area contributed by atoms with Crippen LogP contribution < -0.4 is 5.32 Å². The zero-order valence-corrected chi connectivity index (χ0v) is 12.6. The summed E-state index contributed by atoms with van der Waals surface area (Å²) in [6.07, 6.45) is 2.28. The lowest BCUT2D eigenvalue weighted by Crippen LogP contribution is -2.42. The van der Waals surface area contributed by atoms with Crippen molar-refractivity contribution in [3.05, 3.63) is 22.6 Å². The van der Waals surface area contributed by atoms with E-state index in [9.17, 15) is 4.79 Å². The molecule has 1 aliphatic rings. The number of carbonyl (C=O) groups excluding carboxylic acids is 1. The van der Waals surface area contributed by atoms with Crippen LogP contribution in [0.25, 0.3) is 0 Å². The molecule has 0 saturated carbocycles. The molecule has 0 radical (unpaired) electrons. The molecule has 1 amide bonds. The van der Waals surface area contributed by atoms with Crippen molar-refractivity contribution >= 4 is 21.8 Å². The SMILES string of the molecule is COCCN(CC1CCCN1)C(=O)c1ccc(Br)o1. The van der Waals surface area contributed by atoms with Crippen LogP contribution in [0.2, 0.25) is 0 Å². The van der Waals surface area contributed by atoms with Crippen molar-refractivity contribution in [2.45, 2.75) is 18.9 Å². The van der Waals surface area contributed by atoms with E-state index in [0.29, 0.717) is 36.2 Å². The van der Waals surface area contributed by atoms with Gasteiger partial charge in [-0.2, -0.15) is 0 Å². The summed E-state index contributed by atoms with van der Waals surface area (Å²) in [4.78, 5) is 14.2. The molecule has 0 aromatic carbocycles. The van der Waals surface area contributed by atoms with E-state index in [1.165, 1.54) is 6.42 Å². The lowest BCUT2D eigenvalue weighted by atomic mass is 10.2. The molecule has 2 rings (SSSR count). The summed E-state index contributed by atoms with van der Waals surface area (Å²) in [5, 5.41) is 3.40. The van der Waals surface area contributed by atoms with Gasteiger partial charge in [0.2, 0.25) is 0 Å². The van der Waals surface area contributed by atoms with Crippen LogP contribution in [0.5, 0.6) is 0 Å². The molecule has 1 atom stereocenters. The number of carbonyl (C=O) groups is 1. The highest BCUT2D eigenvalue weighted by Crippen LogP contribution is 2.17. The fourth-order valence-electron chi connectivity index (χ4n) is 2.24. The number of hydrogen-bond donors (Lipinski definition) is 1. The van der Waals surface area contributed by atoms with Gasteiger partial charge < -0.3 is 19.4 Å². The van der Waals surface area contributed by atoms with Crippen molar-refractivity contribution in [1.82, 2.24) is 10.2 Å². The van der Waals surface area contributed by atoms with Gasteiger partial charge in [-0.05, 0) is 47.4 Å². The average Bonchev–Trinajstić information content (AvgIpc) is 3.05. The summed E-state index contributed by atoms with van der Waals surface area (Å²) in [6.45, 7) is 2.83. The van der Waals surface area contributed by atoms with Crippen molar-refractivity contribution in [1.29, 1.82) is 0 Å². The molecule has 6 heteroatoms. The quantitative estimate of drug-likeness (QED) is 0.865. The highest BCUT2D eigenvalue weighted by Gasteiger charge is 2.24. The number of amides is 1. The lowest BCUT2D eigenvalue weighted by Gasteiger charge is -2.24. The minimum Gasteiger partial charge on any atom is -0.444 e. The van der Waals surface area contributed by atoms with Gasteiger partial charge in [-0.3, -0.25) is 4.79 Å². The average molecular weight is 331 g/mol. The largest absolute Gasteiger partial charge is 0.444 e. The first kappa shape index (κ1) is 14.6. The van der Waals surface area contributed by atoms with Gasteiger partial charge in [-0.1, -0.05) is 0 Å². The van der Waals surface area contributed by atoms with Gasteiger partial charge in [-0.15, -0.1) is 0 Å². The first-order valence-electron chi connectivity index (χ1n) is 6.47. The van der Waals surface area contributed by atoms with Crippen LogP contribution in [-0.2, 0) is 4.74 Å². The summed E-state index contributed by atoms with van der Waals surface area (Å²) in [5.41, 5.74) is 0. The molecule has 0 spiro atoms. The number of nitrogens with one attached hydrogen (secondary N) is 1. The first-order valence-corrected chi connectivity index (χ1v) is 7.27. The topological polar surface area (TPSA) is 54.7 Å². The number of ether oxygens (including phenoxy) is 1. The number of furan rings is 1. The van der Waals surface area contributed by atoms with Crippen LogP contribution in [-0.4, -0.2) is 50.2 Å². The number of nitrogens with zero attached hydrogens (tertiary/aromatic N) is 1. The van der Waals surface area contributed by atoms with E-state index in [1.807, 2.05) is 0 Å². The maximum absolute atomic E-state index is 12.4. The summed E-state index contributed by atoms with van der Waals surface area (Å²) >= 11 is 3.22. The van der Waals surface area contributed by atoms with Gasteiger partial charge in [0.25, 0.3) is 5.91 Å². The van der Waals surface area contributed by atoms with Gasteiger partial charge in [0.05, 0.1) is 6.61 Å². The standard InChI is InChI=1S/C13H19BrN2O3/c1-18-8-7-16(9-10-3-2-6-15-10)13(17)11-4-5-12(14)19-11/h4-5,10,15H,2-3,6-9H2,1H3. The van der Waals surface area contributed by atoms with Crippen molar-refractivity contribution in [2.24, 2.45) is 0 Å². The molecule has 1 fully saturated rings. The zero-order chi connectivity index (χ0) is 13.7. The maximum atomic E-state index is 12.4. The minimum absolute atomic E-state index is 0.0866. The van der Waals surface area contributed by atoms with E-state index < -0.39 is 0 Å². The fourth-order valence-corrected chi connectivity index (χ4v) is 2.55. The summed E-state index contributed by atoms with van der Waals surface area (Å²) in [6, 6.07) is 3.79. The molecule has 1 unspecified atom stereocenters. The first-order chi connectivity index (χ1) is 9.20. The molecule has 106 valence electrons. The predicted octanol–water partition coefficient (Wildman–Crippen LogP) is 1.88. The molecule has 1 aliphatic heterocycles. The highest BCUT2D eigenvalue weighted by atomic mass is 79.9. The van der Waals surface area contributed by atoms with E-state index in [-0.39, 0.29) is 5.91 Å². The molecule has 1 N–H and O–H groups in total. The Balaban J connectivity index is 2.00.